The van der Waals surface area contributed by atoms with Crippen LogP contribution in [0.1, 0.15) is 42.9 Å². The van der Waals surface area contributed by atoms with Gasteiger partial charge in [-0.2, -0.15) is 14.8 Å². The van der Waals surface area contributed by atoms with Crippen molar-refractivity contribution in [1.82, 2.24) is 29.4 Å². The number of amides is 1. The van der Waals surface area contributed by atoms with E-state index < -0.39 is 17.2 Å². The molecule has 0 radical (unpaired) electrons. The summed E-state index contributed by atoms with van der Waals surface area (Å²) in [6.45, 7) is 6.41. The Labute approximate surface area is 200 Å². The van der Waals surface area contributed by atoms with Crippen LogP contribution in [0.25, 0.3) is 17.2 Å². The van der Waals surface area contributed by atoms with E-state index in [0.29, 0.717) is 38.2 Å². The van der Waals surface area contributed by atoms with Crippen molar-refractivity contribution in [2.24, 2.45) is 5.92 Å². The van der Waals surface area contributed by atoms with Crippen molar-refractivity contribution >= 4 is 11.9 Å². The van der Waals surface area contributed by atoms with E-state index in [0.717, 1.165) is 14.8 Å². The molecule has 1 amide bonds. The van der Waals surface area contributed by atoms with Crippen LogP contribution in [0.3, 0.4) is 0 Å². The minimum atomic E-state index is -0.684. The number of nitrogens with zero attached hydrogens (tertiary/aromatic N) is 6. The average Bonchev–Trinajstić information content (AvgIpc) is 3.35. The third kappa shape index (κ3) is 4.77. The number of carbonyl (C=O) groups excluding carboxylic acids is 2. The van der Waals surface area contributed by atoms with E-state index in [4.69, 9.17) is 9.26 Å². The van der Waals surface area contributed by atoms with Gasteiger partial charge in [0.25, 0.3) is 5.56 Å². The Balaban J connectivity index is 1.61. The Bertz CT molecular complexity index is 1350. The van der Waals surface area contributed by atoms with Gasteiger partial charge in [-0.25, -0.2) is 4.79 Å². The number of piperidine rings is 1. The lowest BCUT2D eigenvalue weighted by Crippen LogP contribution is -2.41. The lowest BCUT2D eigenvalue weighted by atomic mass is 9.97. The second-order valence-electron chi connectivity index (χ2n) is 8.17. The minimum Gasteiger partial charge on any atom is -0.466 e. The van der Waals surface area contributed by atoms with Crippen LogP contribution in [0.5, 0.6) is 0 Å². The number of likely N-dealkylation sites (tertiary alicyclic amines) is 1. The highest BCUT2D eigenvalue weighted by atomic mass is 16.5. The zero-order valence-electron chi connectivity index (χ0n) is 19.8. The molecule has 1 saturated heterocycles. The van der Waals surface area contributed by atoms with E-state index >= 15 is 0 Å². The van der Waals surface area contributed by atoms with Crippen molar-refractivity contribution in [3.8, 4) is 17.2 Å². The molecule has 1 aliphatic rings. The van der Waals surface area contributed by atoms with Gasteiger partial charge in [-0.1, -0.05) is 22.9 Å². The van der Waals surface area contributed by atoms with Crippen LogP contribution in [0, 0.1) is 12.8 Å². The van der Waals surface area contributed by atoms with Crippen LogP contribution in [-0.4, -0.2) is 61.0 Å². The molecule has 1 fully saturated rings. The fourth-order valence-electron chi connectivity index (χ4n) is 3.91. The second kappa shape index (κ2) is 10.0. The van der Waals surface area contributed by atoms with Gasteiger partial charge >= 0.3 is 23.5 Å². The predicted molar refractivity (Wildman–Crippen MR) is 123 cm³/mol. The molecule has 12 heteroatoms. The van der Waals surface area contributed by atoms with Gasteiger partial charge < -0.3 is 14.2 Å². The smallest absolute Gasteiger partial charge is 0.352 e. The second-order valence-corrected chi connectivity index (χ2v) is 8.17. The van der Waals surface area contributed by atoms with E-state index in [1.807, 2.05) is 19.1 Å². The van der Waals surface area contributed by atoms with Crippen molar-refractivity contribution in [1.29, 1.82) is 0 Å². The molecular weight excluding hydrogens is 456 g/mol. The largest absolute Gasteiger partial charge is 0.466 e. The molecule has 2 aromatic heterocycles. The van der Waals surface area contributed by atoms with Crippen molar-refractivity contribution in [2.75, 3.05) is 19.7 Å². The number of hydrogen-bond acceptors (Lipinski definition) is 9. The summed E-state index contributed by atoms with van der Waals surface area (Å²) in [6.07, 6.45) is 0.936. The number of benzene rings is 1. The Kier molecular flexibility index (Phi) is 6.90. The van der Waals surface area contributed by atoms with Crippen molar-refractivity contribution in [3.63, 3.8) is 0 Å². The van der Waals surface area contributed by atoms with Crippen LogP contribution < -0.4 is 11.2 Å². The number of hydrogen-bond donors (Lipinski definition) is 0. The minimum absolute atomic E-state index is 0.109. The molecule has 12 nitrogen and oxygen atoms in total. The van der Waals surface area contributed by atoms with Crippen LogP contribution in [0.2, 0.25) is 0 Å². The molecule has 0 spiro atoms. The van der Waals surface area contributed by atoms with Gasteiger partial charge in [0.2, 0.25) is 5.82 Å². The lowest BCUT2D eigenvalue weighted by molar-refractivity contribution is -0.149. The average molecular weight is 482 g/mol. The quantitative estimate of drug-likeness (QED) is 0.473. The van der Waals surface area contributed by atoms with Crippen molar-refractivity contribution in [3.05, 3.63) is 56.6 Å². The molecule has 0 unspecified atom stereocenters. The van der Waals surface area contributed by atoms with Gasteiger partial charge in [0.05, 0.1) is 18.2 Å². The van der Waals surface area contributed by atoms with E-state index in [1.54, 1.807) is 26.0 Å². The Morgan fingerprint density at radius 3 is 2.43 bits per heavy atom. The SMILES string of the molecule is CCOC(=O)C1CCN(C(=O)c2nc(-c3nn(-c4ccc(C)cc4)c(=O)n(CC)c3=O)no2)CC1. The molecule has 4 rings (SSSR count). The number of carbonyl (C=O) groups is 2. The van der Waals surface area contributed by atoms with Gasteiger partial charge in [0.15, 0.2) is 5.69 Å². The molecule has 0 aliphatic carbocycles. The summed E-state index contributed by atoms with van der Waals surface area (Å²) >= 11 is 0. The Morgan fingerprint density at radius 2 is 1.80 bits per heavy atom. The first kappa shape index (κ1) is 24.0. The monoisotopic (exact) mass is 482 g/mol. The number of aryl methyl sites for hydroxylation is 1. The normalized spacial score (nSPS) is 14.2. The van der Waals surface area contributed by atoms with Gasteiger partial charge in [-0.3, -0.25) is 19.0 Å². The first-order valence-corrected chi connectivity index (χ1v) is 11.4. The fourth-order valence-corrected chi connectivity index (χ4v) is 3.91. The zero-order valence-corrected chi connectivity index (χ0v) is 19.8. The molecule has 1 aromatic carbocycles. The topological polar surface area (TPSA) is 142 Å². The van der Waals surface area contributed by atoms with Crippen LogP contribution >= 0.6 is 0 Å². The molecule has 3 heterocycles. The van der Waals surface area contributed by atoms with Gasteiger partial charge in [-0.05, 0) is 45.7 Å². The molecular formula is C23H26N6O6. The summed E-state index contributed by atoms with van der Waals surface area (Å²) in [5, 5.41) is 7.98. The van der Waals surface area contributed by atoms with Gasteiger partial charge in [0.1, 0.15) is 0 Å². The summed E-state index contributed by atoms with van der Waals surface area (Å²) in [5.74, 6) is -1.51. The lowest BCUT2D eigenvalue weighted by Gasteiger charge is -2.29. The van der Waals surface area contributed by atoms with Crippen LogP contribution in [0.15, 0.2) is 38.4 Å². The van der Waals surface area contributed by atoms with E-state index in [2.05, 4.69) is 15.2 Å². The van der Waals surface area contributed by atoms with E-state index in [-0.39, 0.29) is 35.8 Å². The van der Waals surface area contributed by atoms with Crippen LogP contribution in [0.4, 0.5) is 0 Å². The summed E-state index contributed by atoms with van der Waals surface area (Å²) in [6, 6.07) is 7.06. The predicted octanol–water partition coefficient (Wildman–Crippen LogP) is 1.19. The maximum atomic E-state index is 12.9. The highest BCUT2D eigenvalue weighted by Crippen LogP contribution is 2.20. The molecule has 0 atom stereocenters. The number of rotatable bonds is 6. The molecule has 0 N–H and O–H groups in total. The standard InChI is InChI=1S/C23H26N6O6/c1-4-28-20(30)17(25-29(23(28)33)16-8-6-14(3)7-9-16)18-24-19(35-26-18)21(31)27-12-10-15(11-13-27)22(32)34-5-2/h6-9,15H,4-5,10-13H2,1-3H3. The Morgan fingerprint density at radius 1 is 1.11 bits per heavy atom. The third-order valence-electron chi connectivity index (χ3n) is 5.88. The molecule has 0 saturated carbocycles. The van der Waals surface area contributed by atoms with Gasteiger partial charge in [-0.15, -0.1) is 0 Å². The highest BCUT2D eigenvalue weighted by molar-refractivity contribution is 5.90. The number of ether oxygens (including phenoxy) is 1. The van der Waals surface area contributed by atoms with Crippen molar-refractivity contribution in [2.45, 2.75) is 40.2 Å². The maximum absolute atomic E-state index is 12.9. The van der Waals surface area contributed by atoms with E-state index in [9.17, 15) is 19.2 Å². The third-order valence-corrected chi connectivity index (χ3v) is 5.88. The fraction of sp³-hybridized carbons (Fsp3) is 0.435. The van der Waals surface area contributed by atoms with Crippen LogP contribution in [-0.2, 0) is 16.1 Å². The molecule has 184 valence electrons. The molecule has 1 aliphatic heterocycles. The summed E-state index contributed by atoms with van der Waals surface area (Å²) in [4.78, 5) is 56.2. The van der Waals surface area contributed by atoms with E-state index in [1.165, 1.54) is 4.90 Å². The van der Waals surface area contributed by atoms with Gasteiger partial charge in [0, 0.05) is 19.6 Å². The molecule has 0 bridgehead atoms. The summed E-state index contributed by atoms with van der Waals surface area (Å²) in [7, 11) is 0. The summed E-state index contributed by atoms with van der Waals surface area (Å²) in [5.41, 5.74) is -0.0344. The number of esters is 1. The maximum Gasteiger partial charge on any atom is 0.352 e. The number of aromatic nitrogens is 5. The summed E-state index contributed by atoms with van der Waals surface area (Å²) < 4.78 is 12.3. The first-order chi connectivity index (χ1) is 16.8. The molecule has 35 heavy (non-hydrogen) atoms. The highest BCUT2D eigenvalue weighted by Gasteiger charge is 2.31. The zero-order chi connectivity index (χ0) is 25.1. The molecule has 3 aromatic rings. The van der Waals surface area contributed by atoms with Crippen molar-refractivity contribution < 1.29 is 18.8 Å². The first-order valence-electron chi connectivity index (χ1n) is 11.4. The Hall–Kier alpha value is -4.09.